The van der Waals surface area contributed by atoms with Crippen LogP contribution >= 0.6 is 0 Å². The van der Waals surface area contributed by atoms with Crippen LogP contribution in [0.25, 0.3) is 0 Å². The smallest absolute Gasteiger partial charge is 0.240 e. The van der Waals surface area contributed by atoms with Gasteiger partial charge in [-0.25, -0.2) is 0 Å². The number of carbonyl (C=O) groups excluding carboxylic acids is 1. The Kier molecular flexibility index (Phi) is 3.08. The number of nitrogens with one attached hydrogen (secondary N) is 1. The second kappa shape index (κ2) is 5.25. The van der Waals surface area contributed by atoms with E-state index in [1.807, 2.05) is 24.4 Å². The molecule has 128 valence electrons. The van der Waals surface area contributed by atoms with Gasteiger partial charge in [0.15, 0.2) is 0 Å². The highest BCUT2D eigenvalue weighted by Gasteiger charge is 2.52. The Labute approximate surface area is 151 Å². The molecule has 0 unspecified atom stereocenters. The molecule has 2 aromatic rings. The molecule has 0 saturated heterocycles. The molecule has 5 heteroatoms. The summed E-state index contributed by atoms with van der Waals surface area (Å²) in [6.45, 7) is 0. The highest BCUT2D eigenvalue weighted by Crippen LogP contribution is 2.49. The second-order valence-electron chi connectivity index (χ2n) is 7.30. The molecule has 1 aliphatic heterocycles. The van der Waals surface area contributed by atoms with Gasteiger partial charge in [0.25, 0.3) is 0 Å². The molecule has 1 aromatic heterocycles. The molecule has 0 radical (unpaired) electrons. The number of amides is 1. The van der Waals surface area contributed by atoms with Crippen LogP contribution in [0.2, 0.25) is 0 Å². The van der Waals surface area contributed by atoms with Crippen molar-refractivity contribution in [3.05, 3.63) is 64.0 Å². The van der Waals surface area contributed by atoms with Crippen molar-refractivity contribution >= 4 is 11.7 Å². The number of nitrogens with zero attached hydrogens (tertiary/aromatic N) is 3. The fourth-order valence-electron chi connectivity index (χ4n) is 4.52. The average molecular weight is 342 g/mol. The number of rotatable bonds is 1. The van der Waals surface area contributed by atoms with Crippen LogP contribution in [-0.4, -0.2) is 23.8 Å². The topological polar surface area (TPSA) is 78.1 Å². The number of carbonyl (C=O) groups is 1. The zero-order valence-corrected chi connectivity index (χ0v) is 14.5. The van der Waals surface area contributed by atoms with Gasteiger partial charge in [0.1, 0.15) is 11.3 Å². The molecule has 3 aliphatic rings. The van der Waals surface area contributed by atoms with Gasteiger partial charge in [0.05, 0.1) is 11.6 Å². The van der Waals surface area contributed by atoms with E-state index in [-0.39, 0.29) is 5.91 Å². The van der Waals surface area contributed by atoms with E-state index in [1.165, 1.54) is 0 Å². The zero-order valence-electron chi connectivity index (χ0n) is 14.5. The molecule has 1 N–H and O–H groups in total. The number of benzene rings is 1. The van der Waals surface area contributed by atoms with Crippen LogP contribution in [0.5, 0.6) is 0 Å². The van der Waals surface area contributed by atoms with Crippen molar-refractivity contribution in [1.82, 2.24) is 10.3 Å². The van der Waals surface area contributed by atoms with Crippen molar-refractivity contribution in [3.8, 4) is 6.07 Å². The van der Waals surface area contributed by atoms with Gasteiger partial charge in [-0.3, -0.25) is 14.8 Å². The molecular weight excluding hydrogens is 324 g/mol. The fourth-order valence-corrected chi connectivity index (χ4v) is 4.52. The normalized spacial score (nSPS) is 24.9. The van der Waals surface area contributed by atoms with Crippen LogP contribution in [0, 0.1) is 11.3 Å². The lowest BCUT2D eigenvalue weighted by molar-refractivity contribution is -0.124. The van der Waals surface area contributed by atoms with Crippen LogP contribution in [0.3, 0.4) is 0 Å². The third kappa shape index (κ3) is 1.87. The molecule has 5 rings (SSSR count). The van der Waals surface area contributed by atoms with Gasteiger partial charge in [-0.05, 0) is 54.5 Å². The lowest BCUT2D eigenvalue weighted by atomic mass is 9.70. The minimum absolute atomic E-state index is 0.0487. The van der Waals surface area contributed by atoms with Gasteiger partial charge in [0.2, 0.25) is 5.91 Å². The van der Waals surface area contributed by atoms with Crippen molar-refractivity contribution in [3.63, 3.8) is 0 Å². The SMILES string of the molecule is CN=C1NC(=O)[C@@]2(CCc3c(C#N)cccc32)c2cc(C3CC3)ncc21. The monoisotopic (exact) mass is 342 g/mol. The number of aromatic nitrogens is 1. The van der Waals surface area contributed by atoms with Crippen molar-refractivity contribution < 1.29 is 4.79 Å². The Morgan fingerprint density at radius 2 is 2.19 bits per heavy atom. The van der Waals surface area contributed by atoms with Crippen molar-refractivity contribution in [2.75, 3.05) is 7.05 Å². The summed E-state index contributed by atoms with van der Waals surface area (Å²) in [5.41, 5.74) is 4.83. The minimum Gasteiger partial charge on any atom is -0.309 e. The summed E-state index contributed by atoms with van der Waals surface area (Å²) in [7, 11) is 1.68. The standard InChI is InChI=1S/C21H18N4O/c1-23-19-15-11-24-18(12-5-6-12)9-17(15)21(20(26)25-19)8-7-14-13(10-22)3-2-4-16(14)21/h2-4,9,11-12H,5-8H2,1H3,(H,23,25,26)/t21-/m1/s1. The van der Waals surface area contributed by atoms with Crippen molar-refractivity contribution in [1.29, 1.82) is 5.26 Å². The Hall–Kier alpha value is -3.00. The number of aliphatic imine (C=N–C) groups is 1. The number of amidine groups is 1. The minimum atomic E-state index is -0.752. The molecule has 1 aromatic carbocycles. The van der Waals surface area contributed by atoms with E-state index in [4.69, 9.17) is 0 Å². The van der Waals surface area contributed by atoms with E-state index in [2.05, 4.69) is 27.4 Å². The second-order valence-corrected chi connectivity index (χ2v) is 7.30. The fraction of sp³-hybridized carbons (Fsp3) is 0.333. The maximum absolute atomic E-state index is 13.3. The number of hydrogen-bond donors (Lipinski definition) is 1. The summed E-state index contributed by atoms with van der Waals surface area (Å²) < 4.78 is 0. The number of hydrogen-bond acceptors (Lipinski definition) is 4. The Balaban J connectivity index is 1.81. The Bertz CT molecular complexity index is 1030. The summed E-state index contributed by atoms with van der Waals surface area (Å²) in [6.07, 6.45) is 5.58. The largest absolute Gasteiger partial charge is 0.309 e. The first kappa shape index (κ1) is 15.3. The maximum atomic E-state index is 13.3. The van der Waals surface area contributed by atoms with E-state index in [0.717, 1.165) is 47.2 Å². The number of nitriles is 1. The van der Waals surface area contributed by atoms with Gasteiger partial charge in [0, 0.05) is 30.4 Å². The quantitative estimate of drug-likeness (QED) is 0.865. The molecule has 26 heavy (non-hydrogen) atoms. The van der Waals surface area contributed by atoms with Crippen LogP contribution in [-0.2, 0) is 16.6 Å². The number of pyridine rings is 1. The first-order chi connectivity index (χ1) is 12.7. The summed E-state index contributed by atoms with van der Waals surface area (Å²) in [6, 6.07) is 10.1. The molecule has 1 fully saturated rings. The van der Waals surface area contributed by atoms with Crippen LogP contribution in [0.15, 0.2) is 35.5 Å². The maximum Gasteiger partial charge on any atom is 0.240 e. The van der Waals surface area contributed by atoms with E-state index in [1.54, 1.807) is 7.05 Å². The predicted molar refractivity (Wildman–Crippen MR) is 97.1 cm³/mol. The Morgan fingerprint density at radius 3 is 2.92 bits per heavy atom. The van der Waals surface area contributed by atoms with Crippen LogP contribution in [0.4, 0.5) is 0 Å². The molecule has 1 spiro atoms. The van der Waals surface area contributed by atoms with Crippen LogP contribution < -0.4 is 5.32 Å². The highest BCUT2D eigenvalue weighted by atomic mass is 16.2. The van der Waals surface area contributed by atoms with E-state index in [0.29, 0.717) is 23.7 Å². The van der Waals surface area contributed by atoms with E-state index in [9.17, 15) is 10.1 Å². The first-order valence-electron chi connectivity index (χ1n) is 9.00. The molecule has 2 aliphatic carbocycles. The molecule has 1 atom stereocenters. The highest BCUT2D eigenvalue weighted by molar-refractivity contribution is 6.17. The van der Waals surface area contributed by atoms with E-state index >= 15 is 0 Å². The lowest BCUT2D eigenvalue weighted by Crippen LogP contribution is -2.52. The lowest BCUT2D eigenvalue weighted by Gasteiger charge is -2.36. The van der Waals surface area contributed by atoms with Gasteiger partial charge in [-0.1, -0.05) is 12.1 Å². The van der Waals surface area contributed by atoms with E-state index < -0.39 is 5.41 Å². The van der Waals surface area contributed by atoms with Gasteiger partial charge >= 0.3 is 0 Å². The summed E-state index contributed by atoms with van der Waals surface area (Å²) >= 11 is 0. The first-order valence-corrected chi connectivity index (χ1v) is 9.00. The average Bonchev–Trinajstić information content (AvgIpc) is 3.45. The molecule has 2 heterocycles. The third-order valence-corrected chi connectivity index (χ3v) is 5.99. The molecular formula is C21H18N4O. The summed E-state index contributed by atoms with van der Waals surface area (Å²) in [5.74, 6) is 1.04. The summed E-state index contributed by atoms with van der Waals surface area (Å²) in [5, 5.41) is 12.5. The molecule has 1 saturated carbocycles. The molecule has 1 amide bonds. The van der Waals surface area contributed by atoms with Crippen molar-refractivity contribution in [2.45, 2.75) is 37.0 Å². The predicted octanol–water partition coefficient (Wildman–Crippen LogP) is 2.57. The van der Waals surface area contributed by atoms with Crippen molar-refractivity contribution in [2.24, 2.45) is 4.99 Å². The Morgan fingerprint density at radius 1 is 1.35 bits per heavy atom. The third-order valence-electron chi connectivity index (χ3n) is 5.99. The van der Waals surface area contributed by atoms with Gasteiger partial charge < -0.3 is 5.32 Å². The van der Waals surface area contributed by atoms with Crippen LogP contribution in [0.1, 0.15) is 58.7 Å². The molecule has 5 nitrogen and oxygen atoms in total. The number of fused-ring (bicyclic) bond motifs is 4. The molecule has 0 bridgehead atoms. The van der Waals surface area contributed by atoms with Gasteiger partial charge in [-0.2, -0.15) is 5.26 Å². The zero-order chi connectivity index (χ0) is 17.9. The summed E-state index contributed by atoms with van der Waals surface area (Å²) in [4.78, 5) is 22.2. The van der Waals surface area contributed by atoms with Gasteiger partial charge in [-0.15, -0.1) is 0 Å².